The quantitative estimate of drug-likeness (QED) is 0.235. The lowest BCUT2D eigenvalue weighted by Gasteiger charge is -2.07. The molecule has 5 heteroatoms. The van der Waals surface area contributed by atoms with Gasteiger partial charge in [0.05, 0.1) is 5.56 Å². The first-order chi connectivity index (χ1) is 16.1. The van der Waals surface area contributed by atoms with E-state index in [0.29, 0.717) is 11.3 Å². The number of carbonyl (C=O) groups is 2. The van der Waals surface area contributed by atoms with E-state index >= 15 is 0 Å². The second-order valence-electron chi connectivity index (χ2n) is 7.69. The van der Waals surface area contributed by atoms with E-state index in [1.807, 2.05) is 67.6 Å². The standard InChI is InChI=1S/C28H19NO4/c1-18-9-13-21(14-10-18)26-29-25(28(31)33-26)17-19-11-15-22(16-12-19)32-27(30)24-8-4-6-20-5-2-3-7-23(20)24/h2-17H,1H3. The van der Waals surface area contributed by atoms with Crippen LogP contribution in [0.25, 0.3) is 16.8 Å². The van der Waals surface area contributed by atoms with Gasteiger partial charge in [-0.15, -0.1) is 0 Å². The summed E-state index contributed by atoms with van der Waals surface area (Å²) in [6.07, 6.45) is 1.64. The van der Waals surface area contributed by atoms with Gasteiger partial charge in [-0.05, 0) is 59.7 Å². The predicted molar refractivity (Wildman–Crippen MR) is 127 cm³/mol. The van der Waals surface area contributed by atoms with Crippen molar-refractivity contribution < 1.29 is 19.1 Å². The Hall–Kier alpha value is -4.51. The SMILES string of the molecule is Cc1ccc(C2=NC(=Cc3ccc(OC(=O)c4cccc5ccccc45)cc3)C(=O)O2)cc1. The molecule has 0 amide bonds. The molecule has 1 heterocycles. The molecule has 0 saturated heterocycles. The lowest BCUT2D eigenvalue weighted by Crippen LogP contribution is -2.09. The number of aryl methyl sites for hydroxylation is 1. The van der Waals surface area contributed by atoms with Gasteiger partial charge in [-0.3, -0.25) is 0 Å². The first-order valence-corrected chi connectivity index (χ1v) is 10.5. The highest BCUT2D eigenvalue weighted by Crippen LogP contribution is 2.23. The molecular weight excluding hydrogens is 414 g/mol. The molecule has 160 valence electrons. The molecule has 4 aromatic rings. The molecule has 0 N–H and O–H groups in total. The van der Waals surface area contributed by atoms with Crippen molar-refractivity contribution in [1.29, 1.82) is 0 Å². The number of hydrogen-bond donors (Lipinski definition) is 0. The van der Waals surface area contributed by atoms with E-state index in [9.17, 15) is 9.59 Å². The summed E-state index contributed by atoms with van der Waals surface area (Å²) in [6, 6.07) is 27.7. The minimum atomic E-state index is -0.503. The average molecular weight is 433 g/mol. The first-order valence-electron chi connectivity index (χ1n) is 10.5. The number of carbonyl (C=O) groups excluding carboxylic acids is 2. The van der Waals surface area contributed by atoms with Gasteiger partial charge in [0.15, 0.2) is 5.70 Å². The van der Waals surface area contributed by atoms with Crippen LogP contribution >= 0.6 is 0 Å². The molecule has 1 aliphatic rings. The maximum atomic E-state index is 12.7. The lowest BCUT2D eigenvalue weighted by atomic mass is 10.0. The molecule has 0 aromatic heterocycles. The molecule has 0 fully saturated rings. The minimum absolute atomic E-state index is 0.214. The number of benzene rings is 4. The van der Waals surface area contributed by atoms with Crippen molar-refractivity contribution in [3.8, 4) is 5.75 Å². The van der Waals surface area contributed by atoms with Crippen LogP contribution in [0, 0.1) is 6.92 Å². The summed E-state index contributed by atoms with van der Waals surface area (Å²) in [7, 11) is 0. The van der Waals surface area contributed by atoms with Gasteiger partial charge in [0.25, 0.3) is 0 Å². The van der Waals surface area contributed by atoms with Crippen molar-refractivity contribution in [1.82, 2.24) is 0 Å². The largest absolute Gasteiger partial charge is 0.423 e. The average Bonchev–Trinajstić information content (AvgIpc) is 3.20. The summed E-state index contributed by atoms with van der Waals surface area (Å²) in [5.74, 6) is -0.235. The van der Waals surface area contributed by atoms with E-state index in [4.69, 9.17) is 9.47 Å². The van der Waals surface area contributed by atoms with Gasteiger partial charge in [0.1, 0.15) is 5.75 Å². The van der Waals surface area contributed by atoms with Crippen LogP contribution in [-0.2, 0) is 9.53 Å². The molecule has 0 unspecified atom stereocenters. The van der Waals surface area contributed by atoms with Gasteiger partial charge in [-0.2, -0.15) is 0 Å². The van der Waals surface area contributed by atoms with Crippen LogP contribution in [0.15, 0.2) is 102 Å². The molecule has 4 aromatic carbocycles. The van der Waals surface area contributed by atoms with Crippen LogP contribution in [0.3, 0.4) is 0 Å². The molecule has 0 atom stereocenters. The van der Waals surface area contributed by atoms with E-state index in [1.165, 1.54) is 0 Å². The van der Waals surface area contributed by atoms with Crippen LogP contribution in [0.1, 0.15) is 27.0 Å². The predicted octanol–water partition coefficient (Wildman–Crippen LogP) is 5.71. The Bertz CT molecular complexity index is 1430. The van der Waals surface area contributed by atoms with Gasteiger partial charge < -0.3 is 9.47 Å². The number of hydrogen-bond acceptors (Lipinski definition) is 5. The third-order valence-electron chi connectivity index (χ3n) is 5.32. The molecule has 0 spiro atoms. The van der Waals surface area contributed by atoms with Gasteiger partial charge >= 0.3 is 11.9 Å². The van der Waals surface area contributed by atoms with Crippen molar-refractivity contribution >= 4 is 34.7 Å². The van der Waals surface area contributed by atoms with Crippen LogP contribution in [0.2, 0.25) is 0 Å². The van der Waals surface area contributed by atoms with Crippen molar-refractivity contribution in [2.24, 2.45) is 4.99 Å². The Kier molecular flexibility index (Phi) is 5.29. The second-order valence-corrected chi connectivity index (χ2v) is 7.69. The summed E-state index contributed by atoms with van der Waals surface area (Å²) < 4.78 is 10.9. The zero-order chi connectivity index (χ0) is 22.8. The molecule has 0 radical (unpaired) electrons. The highest BCUT2D eigenvalue weighted by molar-refractivity contribution is 6.12. The van der Waals surface area contributed by atoms with Crippen LogP contribution in [-0.4, -0.2) is 17.8 Å². The fourth-order valence-electron chi connectivity index (χ4n) is 3.58. The van der Waals surface area contributed by atoms with Crippen molar-refractivity contribution in [3.05, 3.63) is 119 Å². The van der Waals surface area contributed by atoms with Crippen LogP contribution < -0.4 is 4.74 Å². The number of esters is 2. The molecule has 1 aliphatic heterocycles. The fraction of sp³-hybridized carbons (Fsp3) is 0.0357. The van der Waals surface area contributed by atoms with E-state index in [1.54, 1.807) is 36.4 Å². The number of cyclic esters (lactones) is 1. The summed E-state index contributed by atoms with van der Waals surface area (Å²) in [6.45, 7) is 1.99. The Morgan fingerprint density at radius 2 is 1.61 bits per heavy atom. The van der Waals surface area contributed by atoms with Gasteiger partial charge in [0, 0.05) is 5.56 Å². The van der Waals surface area contributed by atoms with Gasteiger partial charge in [0.2, 0.25) is 5.90 Å². The third-order valence-corrected chi connectivity index (χ3v) is 5.32. The van der Waals surface area contributed by atoms with Crippen molar-refractivity contribution in [2.75, 3.05) is 0 Å². The third kappa shape index (κ3) is 4.29. The summed E-state index contributed by atoms with van der Waals surface area (Å²) >= 11 is 0. The summed E-state index contributed by atoms with van der Waals surface area (Å²) in [5.41, 5.74) is 3.31. The summed E-state index contributed by atoms with van der Waals surface area (Å²) in [4.78, 5) is 29.3. The highest BCUT2D eigenvalue weighted by atomic mass is 16.6. The molecule has 33 heavy (non-hydrogen) atoms. The topological polar surface area (TPSA) is 65.0 Å². The maximum absolute atomic E-state index is 12.7. The molecule has 5 nitrogen and oxygen atoms in total. The number of rotatable bonds is 4. The first kappa shape index (κ1) is 20.4. The fourth-order valence-corrected chi connectivity index (χ4v) is 3.58. The lowest BCUT2D eigenvalue weighted by molar-refractivity contribution is -0.129. The van der Waals surface area contributed by atoms with E-state index in [2.05, 4.69) is 4.99 Å². The normalized spacial score (nSPS) is 14.3. The van der Waals surface area contributed by atoms with E-state index < -0.39 is 11.9 Å². The number of nitrogens with zero attached hydrogens (tertiary/aromatic N) is 1. The van der Waals surface area contributed by atoms with Gasteiger partial charge in [-0.1, -0.05) is 66.2 Å². The smallest absolute Gasteiger partial charge is 0.363 e. The Morgan fingerprint density at radius 1 is 0.879 bits per heavy atom. The number of aliphatic imine (C=N–C) groups is 1. The Balaban J connectivity index is 1.33. The van der Waals surface area contributed by atoms with Gasteiger partial charge in [-0.25, -0.2) is 14.6 Å². The highest BCUT2D eigenvalue weighted by Gasteiger charge is 2.24. The van der Waals surface area contributed by atoms with E-state index in [0.717, 1.165) is 27.5 Å². The Labute approximate surface area is 190 Å². The van der Waals surface area contributed by atoms with Crippen molar-refractivity contribution in [3.63, 3.8) is 0 Å². The molecule has 0 bridgehead atoms. The number of fused-ring (bicyclic) bond motifs is 1. The monoisotopic (exact) mass is 433 g/mol. The second kappa shape index (κ2) is 8.55. The van der Waals surface area contributed by atoms with Crippen LogP contribution in [0.5, 0.6) is 5.75 Å². The summed E-state index contributed by atoms with van der Waals surface area (Å²) in [5, 5.41) is 1.82. The zero-order valence-electron chi connectivity index (χ0n) is 17.8. The van der Waals surface area contributed by atoms with Crippen LogP contribution in [0.4, 0.5) is 0 Å². The van der Waals surface area contributed by atoms with E-state index in [-0.39, 0.29) is 11.6 Å². The number of ether oxygens (including phenoxy) is 2. The Morgan fingerprint density at radius 3 is 2.39 bits per heavy atom. The molecule has 0 saturated carbocycles. The molecular formula is C28H19NO4. The molecule has 5 rings (SSSR count). The van der Waals surface area contributed by atoms with Crippen molar-refractivity contribution in [2.45, 2.75) is 6.92 Å². The zero-order valence-corrected chi connectivity index (χ0v) is 17.8. The maximum Gasteiger partial charge on any atom is 0.363 e. The molecule has 0 aliphatic carbocycles. The minimum Gasteiger partial charge on any atom is -0.423 e.